The van der Waals surface area contributed by atoms with Crippen LogP contribution >= 0.6 is 22.6 Å². The summed E-state index contributed by atoms with van der Waals surface area (Å²) < 4.78 is 76.5. The molecule has 0 nitrogen and oxygen atoms in total. The number of halogens is 7. The van der Waals surface area contributed by atoms with Crippen molar-refractivity contribution in [1.29, 1.82) is 0 Å². The molecule has 0 aliphatic carbocycles. The molecule has 0 amide bonds. The molecule has 0 heterocycles. The summed E-state index contributed by atoms with van der Waals surface area (Å²) in [7, 11) is 0. The highest BCUT2D eigenvalue weighted by atomic mass is 127. The Morgan fingerprint density at radius 2 is 1.24 bits per heavy atom. The molecule has 0 bridgehead atoms. The zero-order chi connectivity index (χ0) is 15.8. The van der Waals surface area contributed by atoms with Crippen LogP contribution in [0.1, 0.15) is 11.1 Å². The normalized spacial score (nSPS) is 12.5. The van der Waals surface area contributed by atoms with Gasteiger partial charge in [-0.2, -0.15) is 26.3 Å². The molecule has 2 aromatic rings. The fourth-order valence-electron chi connectivity index (χ4n) is 1.80. The van der Waals surface area contributed by atoms with Gasteiger partial charge in [-0.05, 0) is 64.0 Å². The van der Waals surface area contributed by atoms with E-state index in [1.54, 1.807) is 22.6 Å². The van der Waals surface area contributed by atoms with Gasteiger partial charge in [0.25, 0.3) is 0 Å². The van der Waals surface area contributed by atoms with Gasteiger partial charge in [0.2, 0.25) is 0 Å². The van der Waals surface area contributed by atoms with Gasteiger partial charge in [0.05, 0.1) is 11.1 Å². The lowest BCUT2D eigenvalue weighted by Crippen LogP contribution is -2.06. The number of hydrogen-bond acceptors (Lipinski definition) is 0. The Bertz CT molecular complexity index is 657. The minimum absolute atomic E-state index is 0.0915. The minimum Gasteiger partial charge on any atom is -0.166 e. The Hall–Kier alpha value is -1.25. The van der Waals surface area contributed by atoms with Crippen molar-refractivity contribution < 1.29 is 26.3 Å². The highest BCUT2D eigenvalue weighted by Crippen LogP contribution is 2.36. The molecule has 0 aromatic heterocycles. The molecule has 0 fully saturated rings. The summed E-state index contributed by atoms with van der Waals surface area (Å²) in [5.41, 5.74) is -1.59. The maximum absolute atomic E-state index is 12.7. The molecular formula is C14H7F6I. The second kappa shape index (κ2) is 5.51. The smallest absolute Gasteiger partial charge is 0.166 e. The molecule has 0 saturated carbocycles. The average molecular weight is 416 g/mol. The Labute approximate surface area is 129 Å². The standard InChI is InChI=1S/C14H7F6I/c15-13(16,17)10-3-1-2-8(4-10)9-5-11(14(18,19)20)7-12(21)6-9/h1-7H. The summed E-state index contributed by atoms with van der Waals surface area (Å²) in [6.45, 7) is 0. The van der Waals surface area contributed by atoms with Gasteiger partial charge in [0, 0.05) is 3.57 Å². The van der Waals surface area contributed by atoms with E-state index < -0.39 is 23.5 Å². The van der Waals surface area contributed by atoms with E-state index in [0.29, 0.717) is 3.57 Å². The average Bonchev–Trinajstić information content (AvgIpc) is 2.36. The SMILES string of the molecule is FC(F)(F)c1cccc(-c2cc(I)cc(C(F)(F)F)c2)c1. The van der Waals surface area contributed by atoms with Crippen molar-refractivity contribution in [2.45, 2.75) is 12.4 Å². The maximum Gasteiger partial charge on any atom is 0.416 e. The molecule has 0 saturated heterocycles. The van der Waals surface area contributed by atoms with Gasteiger partial charge >= 0.3 is 12.4 Å². The van der Waals surface area contributed by atoms with Gasteiger partial charge in [-0.25, -0.2) is 0 Å². The molecule has 0 radical (unpaired) electrons. The van der Waals surface area contributed by atoms with Crippen molar-refractivity contribution in [2.24, 2.45) is 0 Å². The highest BCUT2D eigenvalue weighted by molar-refractivity contribution is 14.1. The molecule has 0 spiro atoms. The van der Waals surface area contributed by atoms with Crippen molar-refractivity contribution >= 4 is 22.6 Å². The number of benzene rings is 2. The van der Waals surface area contributed by atoms with Crippen molar-refractivity contribution in [3.8, 4) is 11.1 Å². The van der Waals surface area contributed by atoms with E-state index in [0.717, 1.165) is 24.3 Å². The van der Waals surface area contributed by atoms with Crippen LogP contribution in [0.2, 0.25) is 0 Å². The van der Waals surface area contributed by atoms with Crippen molar-refractivity contribution in [3.05, 3.63) is 57.2 Å². The topological polar surface area (TPSA) is 0 Å². The van der Waals surface area contributed by atoms with Crippen molar-refractivity contribution in [3.63, 3.8) is 0 Å². The molecular weight excluding hydrogens is 409 g/mol. The van der Waals surface area contributed by atoms with Crippen molar-refractivity contribution in [1.82, 2.24) is 0 Å². The van der Waals surface area contributed by atoms with E-state index in [2.05, 4.69) is 0 Å². The molecule has 112 valence electrons. The summed E-state index contributed by atoms with van der Waals surface area (Å²) in [4.78, 5) is 0. The Balaban J connectivity index is 2.55. The highest BCUT2D eigenvalue weighted by Gasteiger charge is 2.32. The third-order valence-corrected chi connectivity index (χ3v) is 3.37. The summed E-state index contributed by atoms with van der Waals surface area (Å²) in [6.07, 6.45) is -9.08. The largest absolute Gasteiger partial charge is 0.416 e. The lowest BCUT2D eigenvalue weighted by molar-refractivity contribution is -0.138. The zero-order valence-corrected chi connectivity index (χ0v) is 12.3. The van der Waals surface area contributed by atoms with Crippen LogP contribution in [0.4, 0.5) is 26.3 Å². The van der Waals surface area contributed by atoms with E-state index in [1.807, 2.05) is 0 Å². The van der Waals surface area contributed by atoms with Gasteiger partial charge in [-0.1, -0.05) is 12.1 Å². The molecule has 7 heteroatoms. The molecule has 2 rings (SSSR count). The van der Waals surface area contributed by atoms with Crippen LogP contribution in [0.25, 0.3) is 11.1 Å². The fourth-order valence-corrected chi connectivity index (χ4v) is 2.47. The van der Waals surface area contributed by atoms with Gasteiger partial charge in [0.15, 0.2) is 0 Å². The molecule has 0 aliphatic rings. The summed E-state index contributed by atoms with van der Waals surface area (Å²) in [6, 6.07) is 7.43. The van der Waals surface area contributed by atoms with Crippen LogP contribution in [-0.4, -0.2) is 0 Å². The predicted octanol–water partition coefficient (Wildman–Crippen LogP) is 6.00. The molecule has 2 aromatic carbocycles. The Kier molecular flexibility index (Phi) is 4.23. The first kappa shape index (κ1) is 16.1. The van der Waals surface area contributed by atoms with Gasteiger partial charge in [-0.15, -0.1) is 0 Å². The summed E-state index contributed by atoms with van der Waals surface area (Å²) in [5.74, 6) is 0. The first-order valence-electron chi connectivity index (χ1n) is 5.63. The lowest BCUT2D eigenvalue weighted by atomic mass is 10.0. The van der Waals surface area contributed by atoms with Crippen LogP contribution in [0.3, 0.4) is 0 Å². The molecule has 21 heavy (non-hydrogen) atoms. The summed E-state index contributed by atoms with van der Waals surface area (Å²) in [5, 5.41) is 0. The first-order chi connectivity index (χ1) is 9.57. The quantitative estimate of drug-likeness (QED) is 0.396. The maximum atomic E-state index is 12.7. The number of alkyl halides is 6. The summed E-state index contributed by atoms with van der Waals surface area (Å²) >= 11 is 1.70. The van der Waals surface area contributed by atoms with Gasteiger partial charge < -0.3 is 0 Å². The number of hydrogen-bond donors (Lipinski definition) is 0. The second-order valence-corrected chi connectivity index (χ2v) is 5.55. The lowest BCUT2D eigenvalue weighted by Gasteiger charge is -2.12. The van der Waals surface area contributed by atoms with E-state index >= 15 is 0 Å². The van der Waals surface area contributed by atoms with E-state index in [4.69, 9.17) is 0 Å². The van der Waals surface area contributed by atoms with Gasteiger partial charge in [0.1, 0.15) is 0 Å². The van der Waals surface area contributed by atoms with E-state index in [-0.39, 0.29) is 11.1 Å². The Morgan fingerprint density at radius 3 is 1.81 bits per heavy atom. The molecule has 0 atom stereocenters. The second-order valence-electron chi connectivity index (χ2n) is 4.30. The third-order valence-electron chi connectivity index (χ3n) is 2.75. The molecule has 0 unspecified atom stereocenters. The third kappa shape index (κ3) is 3.90. The van der Waals surface area contributed by atoms with Crippen LogP contribution in [0.5, 0.6) is 0 Å². The monoisotopic (exact) mass is 416 g/mol. The fraction of sp³-hybridized carbons (Fsp3) is 0.143. The van der Waals surface area contributed by atoms with E-state index in [1.165, 1.54) is 18.2 Å². The number of rotatable bonds is 1. The Morgan fingerprint density at radius 1 is 0.667 bits per heavy atom. The first-order valence-corrected chi connectivity index (χ1v) is 6.71. The van der Waals surface area contributed by atoms with Crippen molar-refractivity contribution in [2.75, 3.05) is 0 Å². The van der Waals surface area contributed by atoms with Crippen LogP contribution in [-0.2, 0) is 12.4 Å². The van der Waals surface area contributed by atoms with Crippen LogP contribution in [0.15, 0.2) is 42.5 Å². The van der Waals surface area contributed by atoms with Crippen LogP contribution < -0.4 is 0 Å². The molecule has 0 aliphatic heterocycles. The minimum atomic E-state index is -4.54. The van der Waals surface area contributed by atoms with E-state index in [9.17, 15) is 26.3 Å². The van der Waals surface area contributed by atoms with Gasteiger partial charge in [-0.3, -0.25) is 0 Å². The zero-order valence-electron chi connectivity index (χ0n) is 10.2. The predicted molar refractivity (Wildman–Crippen MR) is 74.6 cm³/mol. The van der Waals surface area contributed by atoms with Crippen LogP contribution in [0, 0.1) is 3.57 Å². The molecule has 0 N–H and O–H groups in total.